The fraction of sp³-hybridized carbons (Fsp3) is 0.400. The summed E-state index contributed by atoms with van der Waals surface area (Å²) in [5.74, 6) is 0.385. The second-order valence-electron chi connectivity index (χ2n) is 6.96. The summed E-state index contributed by atoms with van der Waals surface area (Å²) >= 11 is 0. The average molecular weight is 339 g/mol. The summed E-state index contributed by atoms with van der Waals surface area (Å²) in [5, 5.41) is 0. The standard InChI is InChI=1S/C20H22FN3O/c21-17-3-1-16(2-4-17)18-13-19(18)20(25)24-11-9-23(10-12-24)14-15-5-7-22-8-6-15/h1-8,18-19H,9-14H2/t18-,19-/m1/s1. The molecule has 1 saturated carbocycles. The molecule has 0 radical (unpaired) electrons. The van der Waals surface area contributed by atoms with Crippen molar-refractivity contribution in [3.05, 3.63) is 65.7 Å². The van der Waals surface area contributed by atoms with Crippen molar-refractivity contribution >= 4 is 5.91 Å². The van der Waals surface area contributed by atoms with Gasteiger partial charge in [0.25, 0.3) is 0 Å². The fourth-order valence-corrected chi connectivity index (χ4v) is 3.65. The SMILES string of the molecule is O=C([C@@H]1C[C@@H]1c1ccc(F)cc1)N1CCN(Cc2ccncc2)CC1. The Hall–Kier alpha value is -2.27. The van der Waals surface area contributed by atoms with Gasteiger partial charge >= 0.3 is 0 Å². The molecule has 4 rings (SSSR count). The molecule has 0 N–H and O–H groups in total. The highest BCUT2D eigenvalue weighted by Gasteiger charge is 2.46. The zero-order chi connectivity index (χ0) is 17.2. The third kappa shape index (κ3) is 3.71. The maximum Gasteiger partial charge on any atom is 0.226 e. The Balaban J connectivity index is 1.28. The van der Waals surface area contributed by atoms with Gasteiger partial charge in [0.1, 0.15) is 5.82 Å². The van der Waals surface area contributed by atoms with Crippen molar-refractivity contribution in [2.45, 2.75) is 18.9 Å². The van der Waals surface area contributed by atoms with Crippen molar-refractivity contribution in [1.29, 1.82) is 0 Å². The first-order valence-corrected chi connectivity index (χ1v) is 8.86. The van der Waals surface area contributed by atoms with E-state index in [0.717, 1.165) is 44.7 Å². The van der Waals surface area contributed by atoms with Crippen molar-refractivity contribution in [1.82, 2.24) is 14.8 Å². The molecule has 1 saturated heterocycles. The van der Waals surface area contributed by atoms with Crippen molar-refractivity contribution in [2.24, 2.45) is 5.92 Å². The van der Waals surface area contributed by atoms with Gasteiger partial charge in [0.05, 0.1) is 0 Å². The third-order valence-electron chi connectivity index (χ3n) is 5.25. The van der Waals surface area contributed by atoms with Crippen LogP contribution in [0.15, 0.2) is 48.8 Å². The number of nitrogens with zero attached hydrogens (tertiary/aromatic N) is 3. The second-order valence-corrected chi connectivity index (χ2v) is 6.96. The van der Waals surface area contributed by atoms with E-state index in [1.165, 1.54) is 17.7 Å². The van der Waals surface area contributed by atoms with Crippen LogP contribution in [0.5, 0.6) is 0 Å². The molecule has 2 aliphatic rings. The Labute approximate surface area is 147 Å². The van der Waals surface area contributed by atoms with Gasteiger partial charge in [0.2, 0.25) is 5.91 Å². The van der Waals surface area contributed by atoms with Crippen molar-refractivity contribution in [2.75, 3.05) is 26.2 Å². The summed E-state index contributed by atoms with van der Waals surface area (Å²) in [7, 11) is 0. The Morgan fingerprint density at radius 3 is 2.40 bits per heavy atom. The van der Waals surface area contributed by atoms with Crippen LogP contribution >= 0.6 is 0 Å². The van der Waals surface area contributed by atoms with E-state index < -0.39 is 0 Å². The summed E-state index contributed by atoms with van der Waals surface area (Å²) < 4.78 is 13.0. The molecule has 2 aromatic rings. The lowest BCUT2D eigenvalue weighted by Crippen LogP contribution is -2.48. The van der Waals surface area contributed by atoms with Crippen molar-refractivity contribution in [3.8, 4) is 0 Å². The van der Waals surface area contributed by atoms with Gasteiger partial charge in [-0.3, -0.25) is 14.7 Å². The minimum Gasteiger partial charge on any atom is -0.340 e. The molecule has 2 heterocycles. The first kappa shape index (κ1) is 16.2. The zero-order valence-corrected chi connectivity index (χ0v) is 14.1. The highest BCUT2D eigenvalue weighted by atomic mass is 19.1. The molecular formula is C20H22FN3O. The molecule has 0 unspecified atom stereocenters. The van der Waals surface area contributed by atoms with Crippen LogP contribution in [0.25, 0.3) is 0 Å². The Kier molecular flexibility index (Phi) is 4.49. The second kappa shape index (κ2) is 6.92. The summed E-state index contributed by atoms with van der Waals surface area (Å²) in [6.45, 7) is 4.29. The van der Waals surface area contributed by atoms with Gasteiger partial charge in [-0.15, -0.1) is 0 Å². The summed E-state index contributed by atoms with van der Waals surface area (Å²) in [4.78, 5) is 21.1. The summed E-state index contributed by atoms with van der Waals surface area (Å²) in [5.41, 5.74) is 2.34. The highest BCUT2D eigenvalue weighted by Crippen LogP contribution is 2.48. The molecule has 1 amide bonds. The smallest absolute Gasteiger partial charge is 0.226 e. The van der Waals surface area contributed by atoms with Gasteiger partial charge in [0.15, 0.2) is 0 Å². The molecule has 0 bridgehead atoms. The molecule has 1 aliphatic heterocycles. The quantitative estimate of drug-likeness (QED) is 0.859. The van der Waals surface area contributed by atoms with Gasteiger partial charge in [0, 0.05) is 51.0 Å². The molecule has 25 heavy (non-hydrogen) atoms. The van der Waals surface area contributed by atoms with Gasteiger partial charge in [-0.25, -0.2) is 4.39 Å². The number of rotatable bonds is 4. The van der Waals surface area contributed by atoms with Gasteiger partial charge < -0.3 is 4.90 Å². The molecule has 1 aliphatic carbocycles. The number of aromatic nitrogens is 1. The van der Waals surface area contributed by atoms with Crippen molar-refractivity contribution < 1.29 is 9.18 Å². The number of hydrogen-bond acceptors (Lipinski definition) is 3. The molecule has 5 heteroatoms. The van der Waals surface area contributed by atoms with Crippen LogP contribution in [0.2, 0.25) is 0 Å². The van der Waals surface area contributed by atoms with Crippen molar-refractivity contribution in [3.63, 3.8) is 0 Å². The molecule has 1 aromatic carbocycles. The topological polar surface area (TPSA) is 36.4 Å². The normalized spacial score (nSPS) is 23.5. The first-order valence-electron chi connectivity index (χ1n) is 8.86. The largest absolute Gasteiger partial charge is 0.340 e. The average Bonchev–Trinajstić information content (AvgIpc) is 3.44. The van der Waals surface area contributed by atoms with Crippen LogP contribution in [0.1, 0.15) is 23.5 Å². The lowest BCUT2D eigenvalue weighted by molar-refractivity contribution is -0.134. The summed E-state index contributed by atoms with van der Waals surface area (Å²) in [6.07, 6.45) is 4.53. The minimum atomic E-state index is -0.224. The third-order valence-corrected chi connectivity index (χ3v) is 5.25. The van der Waals surface area contributed by atoms with Crippen LogP contribution in [0.3, 0.4) is 0 Å². The summed E-state index contributed by atoms with van der Waals surface area (Å²) in [6, 6.07) is 10.6. The predicted octanol–water partition coefficient (Wildman–Crippen LogP) is 2.67. The number of carbonyl (C=O) groups is 1. The Morgan fingerprint density at radius 1 is 1.04 bits per heavy atom. The van der Waals surface area contributed by atoms with Crippen LogP contribution < -0.4 is 0 Å². The predicted molar refractivity (Wildman–Crippen MR) is 93.3 cm³/mol. The van der Waals surface area contributed by atoms with E-state index in [1.807, 2.05) is 29.4 Å². The van der Waals surface area contributed by atoms with Gasteiger partial charge in [-0.2, -0.15) is 0 Å². The fourth-order valence-electron chi connectivity index (χ4n) is 3.65. The maximum absolute atomic E-state index is 13.0. The number of carbonyl (C=O) groups excluding carboxylic acids is 1. The monoisotopic (exact) mass is 339 g/mol. The zero-order valence-electron chi connectivity index (χ0n) is 14.1. The van der Waals surface area contributed by atoms with E-state index in [1.54, 1.807) is 12.1 Å². The van der Waals surface area contributed by atoms with Crippen LogP contribution in [0, 0.1) is 11.7 Å². The van der Waals surface area contributed by atoms with E-state index >= 15 is 0 Å². The Morgan fingerprint density at radius 2 is 1.72 bits per heavy atom. The molecule has 130 valence electrons. The van der Waals surface area contributed by atoms with E-state index in [2.05, 4.69) is 9.88 Å². The number of hydrogen-bond donors (Lipinski definition) is 0. The molecule has 2 fully saturated rings. The van der Waals surface area contributed by atoms with E-state index in [-0.39, 0.29) is 23.6 Å². The van der Waals surface area contributed by atoms with Crippen LogP contribution in [-0.4, -0.2) is 46.9 Å². The molecule has 2 atom stereocenters. The number of halogens is 1. The number of amides is 1. The molecule has 4 nitrogen and oxygen atoms in total. The highest BCUT2D eigenvalue weighted by molar-refractivity contribution is 5.83. The van der Waals surface area contributed by atoms with Gasteiger partial charge in [-0.05, 0) is 47.7 Å². The molecule has 0 spiro atoms. The lowest BCUT2D eigenvalue weighted by atomic mass is 10.1. The maximum atomic E-state index is 13.0. The van der Waals surface area contributed by atoms with Crippen LogP contribution in [0.4, 0.5) is 4.39 Å². The molecule has 1 aromatic heterocycles. The molecular weight excluding hydrogens is 317 g/mol. The van der Waals surface area contributed by atoms with E-state index in [0.29, 0.717) is 0 Å². The van der Waals surface area contributed by atoms with Crippen LogP contribution in [-0.2, 0) is 11.3 Å². The minimum absolute atomic E-state index is 0.0807. The number of pyridine rings is 1. The lowest BCUT2D eigenvalue weighted by Gasteiger charge is -2.35. The van der Waals surface area contributed by atoms with Gasteiger partial charge in [-0.1, -0.05) is 12.1 Å². The van der Waals surface area contributed by atoms with E-state index in [9.17, 15) is 9.18 Å². The Bertz CT molecular complexity index is 726. The first-order chi connectivity index (χ1) is 12.2. The number of benzene rings is 1. The van der Waals surface area contributed by atoms with E-state index in [4.69, 9.17) is 0 Å². The number of piperazine rings is 1.